The normalized spacial score (nSPS) is 10.1. The van der Waals surface area contributed by atoms with Crippen LogP contribution in [-0.4, -0.2) is 24.2 Å². The van der Waals surface area contributed by atoms with Crippen LogP contribution >= 0.6 is 0 Å². The van der Waals surface area contributed by atoms with Crippen molar-refractivity contribution in [1.29, 1.82) is 0 Å². The highest BCUT2D eigenvalue weighted by molar-refractivity contribution is 5.98. The van der Waals surface area contributed by atoms with Gasteiger partial charge in [0.1, 0.15) is 0 Å². The van der Waals surface area contributed by atoms with Crippen LogP contribution in [0.25, 0.3) is 11.1 Å². The monoisotopic (exact) mass is 270 g/mol. The molecule has 4 nitrogen and oxygen atoms in total. The van der Waals surface area contributed by atoms with E-state index >= 15 is 0 Å². The Morgan fingerprint density at radius 3 is 2.40 bits per heavy atom. The molecule has 0 saturated heterocycles. The number of carboxylic acid groups (broad SMARTS) is 1. The van der Waals surface area contributed by atoms with Crippen molar-refractivity contribution in [1.82, 2.24) is 0 Å². The quantitative estimate of drug-likeness (QED) is 0.870. The van der Waals surface area contributed by atoms with Crippen molar-refractivity contribution in [3.63, 3.8) is 0 Å². The van der Waals surface area contributed by atoms with E-state index in [0.29, 0.717) is 16.7 Å². The summed E-state index contributed by atoms with van der Waals surface area (Å²) in [5.41, 5.74) is 2.88. The minimum atomic E-state index is -0.998. The average molecular weight is 270 g/mol. The first-order valence-electron chi connectivity index (χ1n) is 6.06. The Kier molecular flexibility index (Phi) is 3.84. The minimum Gasteiger partial charge on any atom is -0.478 e. The Morgan fingerprint density at radius 1 is 1.05 bits per heavy atom. The summed E-state index contributed by atoms with van der Waals surface area (Å²) in [6, 6.07) is 11.8. The van der Waals surface area contributed by atoms with Crippen molar-refractivity contribution in [2.45, 2.75) is 6.92 Å². The van der Waals surface area contributed by atoms with Crippen molar-refractivity contribution >= 4 is 11.9 Å². The number of esters is 1. The van der Waals surface area contributed by atoms with E-state index in [4.69, 9.17) is 9.84 Å². The molecule has 0 aliphatic heterocycles. The van der Waals surface area contributed by atoms with Gasteiger partial charge in [-0.1, -0.05) is 24.3 Å². The molecule has 0 aromatic heterocycles. The van der Waals surface area contributed by atoms with Gasteiger partial charge in [0, 0.05) is 0 Å². The molecule has 0 aliphatic carbocycles. The van der Waals surface area contributed by atoms with Crippen LogP contribution in [0, 0.1) is 6.92 Å². The number of aryl methyl sites for hydroxylation is 1. The van der Waals surface area contributed by atoms with Crippen LogP contribution < -0.4 is 0 Å². The zero-order valence-electron chi connectivity index (χ0n) is 11.2. The second kappa shape index (κ2) is 5.57. The van der Waals surface area contributed by atoms with E-state index in [1.165, 1.54) is 7.11 Å². The maximum Gasteiger partial charge on any atom is 0.338 e. The molecule has 0 fully saturated rings. The van der Waals surface area contributed by atoms with Gasteiger partial charge < -0.3 is 9.84 Å². The first-order chi connectivity index (χ1) is 9.54. The van der Waals surface area contributed by atoms with E-state index in [2.05, 4.69) is 0 Å². The first kappa shape index (κ1) is 13.8. The number of hydrogen-bond acceptors (Lipinski definition) is 3. The van der Waals surface area contributed by atoms with Crippen LogP contribution in [0.1, 0.15) is 26.3 Å². The highest BCUT2D eigenvalue weighted by Gasteiger charge is 2.15. The molecule has 0 radical (unpaired) electrons. The molecule has 0 amide bonds. The Bertz CT molecular complexity index is 674. The van der Waals surface area contributed by atoms with E-state index < -0.39 is 11.9 Å². The fraction of sp³-hybridized carbons (Fsp3) is 0.125. The third-order valence-electron chi connectivity index (χ3n) is 3.11. The molecule has 2 aromatic carbocycles. The lowest BCUT2D eigenvalue weighted by Gasteiger charge is -2.11. The SMILES string of the molecule is COC(=O)c1ccccc1-c1cc(C(=O)O)ccc1C. The molecule has 0 aliphatic rings. The summed E-state index contributed by atoms with van der Waals surface area (Å²) in [7, 11) is 1.32. The molecular weight excluding hydrogens is 256 g/mol. The van der Waals surface area contributed by atoms with Gasteiger partial charge in [-0.2, -0.15) is 0 Å². The fourth-order valence-electron chi connectivity index (χ4n) is 2.05. The molecule has 4 heteroatoms. The summed E-state index contributed by atoms with van der Waals surface area (Å²) >= 11 is 0. The zero-order chi connectivity index (χ0) is 14.7. The zero-order valence-corrected chi connectivity index (χ0v) is 11.2. The summed E-state index contributed by atoms with van der Waals surface area (Å²) in [5, 5.41) is 9.08. The van der Waals surface area contributed by atoms with Crippen LogP contribution in [0.3, 0.4) is 0 Å². The van der Waals surface area contributed by atoms with Crippen molar-refractivity contribution in [2.75, 3.05) is 7.11 Å². The molecule has 102 valence electrons. The number of carbonyl (C=O) groups excluding carboxylic acids is 1. The molecular formula is C16H14O4. The number of benzene rings is 2. The van der Waals surface area contributed by atoms with Crippen LogP contribution in [0.5, 0.6) is 0 Å². The molecule has 20 heavy (non-hydrogen) atoms. The van der Waals surface area contributed by atoms with E-state index in [9.17, 15) is 9.59 Å². The number of carbonyl (C=O) groups is 2. The summed E-state index contributed by atoms with van der Waals surface area (Å²) in [4.78, 5) is 22.9. The predicted octanol–water partition coefficient (Wildman–Crippen LogP) is 3.15. The van der Waals surface area contributed by atoms with Crippen molar-refractivity contribution in [3.8, 4) is 11.1 Å². The highest BCUT2D eigenvalue weighted by atomic mass is 16.5. The molecule has 2 aromatic rings. The second-order valence-electron chi connectivity index (χ2n) is 4.37. The van der Waals surface area contributed by atoms with Crippen molar-refractivity contribution in [2.24, 2.45) is 0 Å². The molecule has 0 saturated carbocycles. The van der Waals surface area contributed by atoms with E-state index in [1.807, 2.05) is 6.92 Å². The van der Waals surface area contributed by atoms with Crippen molar-refractivity contribution < 1.29 is 19.4 Å². The summed E-state index contributed by atoms with van der Waals surface area (Å²) in [5.74, 6) is -1.44. The fourth-order valence-corrected chi connectivity index (χ4v) is 2.05. The number of rotatable bonds is 3. The summed E-state index contributed by atoms with van der Waals surface area (Å²) < 4.78 is 4.76. The average Bonchev–Trinajstić information content (AvgIpc) is 2.46. The summed E-state index contributed by atoms with van der Waals surface area (Å²) in [6.45, 7) is 1.87. The predicted molar refractivity (Wildman–Crippen MR) is 74.9 cm³/mol. The molecule has 0 unspecified atom stereocenters. The second-order valence-corrected chi connectivity index (χ2v) is 4.37. The Balaban J connectivity index is 2.65. The molecule has 1 N–H and O–H groups in total. The lowest BCUT2D eigenvalue weighted by atomic mass is 9.94. The van der Waals surface area contributed by atoms with Crippen LogP contribution in [0.4, 0.5) is 0 Å². The van der Waals surface area contributed by atoms with Gasteiger partial charge in [0.15, 0.2) is 0 Å². The van der Waals surface area contributed by atoms with Gasteiger partial charge >= 0.3 is 11.9 Å². The molecule has 0 bridgehead atoms. The van der Waals surface area contributed by atoms with Crippen LogP contribution in [0.2, 0.25) is 0 Å². The smallest absolute Gasteiger partial charge is 0.338 e. The number of hydrogen-bond donors (Lipinski definition) is 1. The molecule has 0 spiro atoms. The standard InChI is InChI=1S/C16H14O4/c1-10-7-8-11(15(17)18)9-14(10)12-5-3-4-6-13(12)16(19)20-2/h3-9H,1-2H3,(H,17,18). The van der Waals surface area contributed by atoms with E-state index in [1.54, 1.807) is 42.5 Å². The molecule has 0 heterocycles. The van der Waals surface area contributed by atoms with Crippen molar-refractivity contribution in [3.05, 3.63) is 59.2 Å². The lowest BCUT2D eigenvalue weighted by Crippen LogP contribution is -2.04. The van der Waals surface area contributed by atoms with Crippen LogP contribution in [-0.2, 0) is 4.74 Å². The first-order valence-corrected chi connectivity index (χ1v) is 6.06. The number of aromatic carboxylic acids is 1. The number of carboxylic acids is 1. The highest BCUT2D eigenvalue weighted by Crippen LogP contribution is 2.28. The maximum absolute atomic E-state index is 11.8. The molecule has 2 rings (SSSR count). The topological polar surface area (TPSA) is 63.6 Å². The van der Waals surface area contributed by atoms with E-state index in [0.717, 1.165) is 5.56 Å². The largest absolute Gasteiger partial charge is 0.478 e. The van der Waals surface area contributed by atoms with Gasteiger partial charge in [0.05, 0.1) is 18.2 Å². The number of methoxy groups -OCH3 is 1. The van der Waals surface area contributed by atoms with Gasteiger partial charge in [-0.05, 0) is 41.8 Å². The lowest BCUT2D eigenvalue weighted by molar-refractivity contribution is 0.0601. The summed E-state index contributed by atoms with van der Waals surface area (Å²) in [6.07, 6.45) is 0. The van der Waals surface area contributed by atoms with Gasteiger partial charge in [-0.25, -0.2) is 9.59 Å². The molecule has 0 atom stereocenters. The van der Waals surface area contributed by atoms with E-state index in [-0.39, 0.29) is 5.56 Å². The Hall–Kier alpha value is -2.62. The van der Waals surface area contributed by atoms with Gasteiger partial charge in [0.25, 0.3) is 0 Å². The van der Waals surface area contributed by atoms with Gasteiger partial charge in [0.2, 0.25) is 0 Å². The third kappa shape index (κ3) is 2.54. The maximum atomic E-state index is 11.8. The third-order valence-corrected chi connectivity index (χ3v) is 3.11. The van der Waals surface area contributed by atoms with Gasteiger partial charge in [-0.3, -0.25) is 0 Å². The number of ether oxygens (including phenoxy) is 1. The minimum absolute atomic E-state index is 0.185. The van der Waals surface area contributed by atoms with Crippen LogP contribution in [0.15, 0.2) is 42.5 Å². The Morgan fingerprint density at radius 2 is 1.75 bits per heavy atom. The van der Waals surface area contributed by atoms with Gasteiger partial charge in [-0.15, -0.1) is 0 Å². The Labute approximate surface area is 116 Å².